The van der Waals surface area contributed by atoms with Gasteiger partial charge in [-0.3, -0.25) is 4.79 Å². The van der Waals surface area contributed by atoms with Crippen molar-refractivity contribution in [1.29, 1.82) is 0 Å². The van der Waals surface area contributed by atoms with E-state index in [-0.39, 0.29) is 47.8 Å². The Kier molecular flexibility index (Phi) is 12.4. The van der Waals surface area contributed by atoms with Gasteiger partial charge in [-0.1, -0.05) is 94.6 Å². The molecule has 0 radical (unpaired) electrons. The van der Waals surface area contributed by atoms with E-state index in [9.17, 15) is 20.1 Å². The molecule has 1 saturated heterocycles. The number of pyridine rings is 1. The third-order valence-corrected chi connectivity index (χ3v) is 19.2. The van der Waals surface area contributed by atoms with E-state index in [2.05, 4.69) is 77.8 Å². The van der Waals surface area contributed by atoms with Gasteiger partial charge in [-0.15, -0.1) is 0 Å². The van der Waals surface area contributed by atoms with Gasteiger partial charge in [0.1, 0.15) is 47.6 Å². The molecule has 9 atom stereocenters. The first-order valence-corrected chi connectivity index (χ1v) is 27.6. The van der Waals surface area contributed by atoms with Crippen LogP contribution in [0.4, 0.5) is 5.82 Å². The van der Waals surface area contributed by atoms with Gasteiger partial charge in [-0.2, -0.15) is 0 Å². The number of nitrogen functional groups attached to an aromatic ring is 1. The minimum atomic E-state index is -0.695. The van der Waals surface area contributed by atoms with Gasteiger partial charge in [0, 0.05) is 64.4 Å². The number of phenolic OH excluding ortho intramolecular Hbond substituents is 2. The molecule has 13 heteroatoms. The summed E-state index contributed by atoms with van der Waals surface area (Å²) in [5, 5.41) is 37.8. The zero-order valence-corrected chi connectivity index (χ0v) is 41.5. The van der Waals surface area contributed by atoms with Crippen molar-refractivity contribution in [2.75, 3.05) is 24.9 Å². The van der Waals surface area contributed by atoms with Crippen molar-refractivity contribution in [2.24, 2.45) is 11.8 Å². The van der Waals surface area contributed by atoms with E-state index >= 15 is 0 Å². The molecular formula is C58H59N3O8S2. The molecule has 1 spiro atoms. The number of phenols is 2. The van der Waals surface area contributed by atoms with Crippen LogP contribution in [0.15, 0.2) is 78.9 Å². The van der Waals surface area contributed by atoms with Gasteiger partial charge >= 0.3 is 5.97 Å². The highest BCUT2D eigenvalue weighted by molar-refractivity contribution is 8.77. The highest BCUT2D eigenvalue weighted by Crippen LogP contribution is 2.63. The van der Waals surface area contributed by atoms with Crippen LogP contribution in [0.2, 0.25) is 0 Å². The highest BCUT2D eigenvalue weighted by atomic mass is 33.1. The maximum Gasteiger partial charge on any atom is 0.302 e. The number of hydrogen-bond acceptors (Lipinski definition) is 13. The molecule has 11 nitrogen and oxygen atoms in total. The van der Waals surface area contributed by atoms with Gasteiger partial charge in [0.15, 0.2) is 18.3 Å². The minimum absolute atomic E-state index is 0.0226. The van der Waals surface area contributed by atoms with Crippen molar-refractivity contribution in [3.63, 3.8) is 0 Å². The number of carbonyl (C=O) groups excluding carboxylic acids is 1. The minimum Gasteiger partial charge on any atom is -0.508 e. The fraction of sp³-hybridized carbons (Fsp3) is 0.414. The number of nitrogens with one attached hydrogen (secondary N) is 1. The number of aromatic nitrogens is 1. The van der Waals surface area contributed by atoms with Crippen molar-refractivity contribution in [3.8, 4) is 51.7 Å². The Hall–Kier alpha value is -5.78. The first-order valence-electron chi connectivity index (χ1n) is 25.2. The van der Waals surface area contributed by atoms with E-state index < -0.39 is 30.2 Å². The van der Waals surface area contributed by atoms with Crippen molar-refractivity contribution in [2.45, 2.75) is 118 Å². The summed E-state index contributed by atoms with van der Waals surface area (Å²) < 4.78 is 26.9. The second kappa shape index (κ2) is 19.0. The van der Waals surface area contributed by atoms with Crippen molar-refractivity contribution in [3.05, 3.63) is 129 Å². The number of nitrogens with two attached hydrogens (primary N) is 1. The maximum atomic E-state index is 12.8. The van der Waals surface area contributed by atoms with Gasteiger partial charge in [-0.05, 0) is 122 Å². The number of aliphatic hydroxyl groups is 1. The molecule has 4 aromatic carbocycles. The van der Waals surface area contributed by atoms with E-state index in [1.54, 1.807) is 12.1 Å². The van der Waals surface area contributed by atoms with Crippen molar-refractivity contribution in [1.82, 2.24) is 10.3 Å². The topological polar surface area (TPSA) is 166 Å². The summed E-state index contributed by atoms with van der Waals surface area (Å²) in [4.78, 5) is 17.6. The van der Waals surface area contributed by atoms with Crippen LogP contribution in [0, 0.1) is 23.7 Å². The molecule has 5 aromatic rings. The quantitative estimate of drug-likeness (QED) is 0.0473. The van der Waals surface area contributed by atoms with Crippen LogP contribution in [-0.4, -0.2) is 68.9 Å². The van der Waals surface area contributed by atoms with Crippen molar-refractivity contribution >= 4 is 39.5 Å². The van der Waals surface area contributed by atoms with E-state index in [0.29, 0.717) is 47.0 Å². The van der Waals surface area contributed by atoms with Crippen LogP contribution < -0.4 is 25.3 Å². The Labute approximate surface area is 422 Å². The van der Waals surface area contributed by atoms with Crippen LogP contribution in [0.1, 0.15) is 114 Å². The fourth-order valence-corrected chi connectivity index (χ4v) is 16.5. The van der Waals surface area contributed by atoms with E-state index in [4.69, 9.17) is 29.7 Å². The number of nitrogens with zero attached hydrogens (tertiary/aromatic N) is 1. The third-order valence-electron chi connectivity index (χ3n) is 16.2. The van der Waals surface area contributed by atoms with Crippen LogP contribution in [0.3, 0.4) is 0 Å². The largest absolute Gasteiger partial charge is 0.508 e. The molecular weight excluding hydrogens is 931 g/mol. The summed E-state index contributed by atoms with van der Waals surface area (Å²) in [5.41, 5.74) is 15.8. The average Bonchev–Trinajstić information content (AvgIpc) is 3.86. The molecule has 71 heavy (non-hydrogen) atoms. The number of rotatable bonds is 6. The molecule has 2 saturated carbocycles. The maximum absolute atomic E-state index is 12.8. The molecule has 5 heterocycles. The molecule has 12 rings (SSSR count). The van der Waals surface area contributed by atoms with Gasteiger partial charge in [0.05, 0.1) is 17.2 Å². The summed E-state index contributed by atoms with van der Waals surface area (Å²) in [6.07, 6.45) is 13.0. The van der Waals surface area contributed by atoms with E-state index in [1.807, 2.05) is 33.7 Å². The Morgan fingerprint density at radius 3 is 2.75 bits per heavy atom. The molecule has 3 aliphatic carbocycles. The number of fused-ring (bicyclic) bond motifs is 12. The Balaban J connectivity index is 1.07. The molecule has 1 aromatic heterocycles. The third kappa shape index (κ3) is 8.68. The highest BCUT2D eigenvalue weighted by Gasteiger charge is 2.51. The Morgan fingerprint density at radius 2 is 1.89 bits per heavy atom. The number of aliphatic hydroxyl groups excluding tert-OH is 1. The number of ether oxygens (including phenoxy) is 4. The second-order valence-electron chi connectivity index (χ2n) is 20.8. The Morgan fingerprint density at radius 1 is 1.00 bits per heavy atom. The summed E-state index contributed by atoms with van der Waals surface area (Å²) in [7, 11) is 3.85. The first-order chi connectivity index (χ1) is 34.6. The number of carbonyl (C=O) groups is 1. The summed E-state index contributed by atoms with van der Waals surface area (Å²) in [6, 6.07) is 24.1. The smallest absolute Gasteiger partial charge is 0.302 e. The van der Waals surface area contributed by atoms with Gasteiger partial charge in [0.25, 0.3) is 0 Å². The van der Waals surface area contributed by atoms with E-state index in [0.717, 1.165) is 101 Å². The lowest BCUT2D eigenvalue weighted by Crippen LogP contribution is -2.52. The molecule has 0 amide bonds. The zero-order chi connectivity index (χ0) is 48.4. The molecule has 9 unspecified atom stereocenters. The SMILES string of the molecule is CC(=O)OCC1c2ccc3c4c2OC1c1c(cc(O)c2c1C=CC1NC5CCCC(CSSC(Cc6ccccc6)C1O2)C5)CC#Cc1nc(N)ccc1CC1CCC4(Cc2cc(O)cc(OCO)c2-3)C1. The van der Waals surface area contributed by atoms with Crippen molar-refractivity contribution < 1.29 is 39.1 Å². The van der Waals surface area contributed by atoms with Crippen LogP contribution in [-0.2, 0) is 40.6 Å². The number of hydrogen-bond donors (Lipinski definition) is 5. The van der Waals surface area contributed by atoms with Crippen LogP contribution in [0.25, 0.3) is 17.2 Å². The van der Waals surface area contributed by atoms with Crippen LogP contribution >= 0.6 is 21.6 Å². The molecule has 4 aliphatic heterocycles. The molecule has 3 fully saturated rings. The summed E-state index contributed by atoms with van der Waals surface area (Å²) in [5.74, 6) is 10.1. The number of anilines is 1. The summed E-state index contributed by atoms with van der Waals surface area (Å²) >= 11 is 0. The standard InChI is InChI=1S/C58H59N3O8S2/c1-32(63)66-29-44-41-14-15-42-51-38(24-40(64)26-48(51)67-31-62)28-58-20-19-34(27-58)21-36-13-18-50(59)61-45(36)12-6-10-37-25-47(65)54-43(52(37)55(44)69-56(41)53(42)58)16-17-46-57(68-54)49(23-33-7-3-2-4-8-33)71-70-30-35-9-5-11-39(22-35)60-46/h2-4,7-8,13-18,24-26,34-35,39,44,46,49,55,57,60,62,64-65H,5,9-11,19-23,27-31H2,1H3,(H2,59,61). The number of esters is 1. The first kappa shape index (κ1) is 46.3. The molecule has 6 bridgehead atoms. The van der Waals surface area contributed by atoms with Crippen LogP contribution in [0.5, 0.6) is 28.7 Å². The van der Waals surface area contributed by atoms with Gasteiger partial charge in [0.2, 0.25) is 0 Å². The normalized spacial score (nSPS) is 27.7. The predicted octanol–water partition coefficient (Wildman–Crippen LogP) is 9.89. The monoisotopic (exact) mass is 989 g/mol. The molecule has 366 valence electrons. The average molecular weight is 990 g/mol. The number of benzene rings is 4. The second-order valence-corrected chi connectivity index (χ2v) is 23.4. The van der Waals surface area contributed by atoms with Gasteiger partial charge < -0.3 is 45.3 Å². The zero-order valence-electron chi connectivity index (χ0n) is 39.8. The van der Waals surface area contributed by atoms with E-state index in [1.165, 1.54) is 25.3 Å². The van der Waals surface area contributed by atoms with Gasteiger partial charge in [-0.25, -0.2) is 4.98 Å². The lowest BCUT2D eigenvalue weighted by molar-refractivity contribution is -0.141. The Bertz CT molecular complexity index is 3010. The number of aromatic hydroxyl groups is 2. The molecule has 7 aliphatic rings. The fourth-order valence-electron chi connectivity index (χ4n) is 13.2. The lowest BCUT2D eigenvalue weighted by atomic mass is 9.65. The lowest BCUT2D eigenvalue weighted by Gasteiger charge is -2.39. The summed E-state index contributed by atoms with van der Waals surface area (Å²) in [6.45, 7) is 0.929. The molecule has 6 N–H and O–H groups in total. The predicted molar refractivity (Wildman–Crippen MR) is 278 cm³/mol.